The van der Waals surface area contributed by atoms with Crippen LogP contribution in [0.5, 0.6) is 5.88 Å². The molecule has 1 aliphatic carbocycles. The average Bonchev–Trinajstić information content (AvgIpc) is 2.32. The van der Waals surface area contributed by atoms with Gasteiger partial charge in [0.15, 0.2) is 0 Å². The first kappa shape index (κ1) is 11.9. The molecule has 87 valence electrons. The van der Waals surface area contributed by atoms with Crippen molar-refractivity contribution in [2.45, 2.75) is 32.6 Å². The number of aryl methyl sites for hydroxylation is 1. The molecule has 1 fully saturated rings. The third-order valence-corrected chi connectivity index (χ3v) is 3.81. The minimum Gasteiger partial charge on any atom is -0.477 e. The average molecular weight is 283 g/mol. The van der Waals surface area contributed by atoms with Gasteiger partial charge in [0.05, 0.1) is 12.3 Å². The second kappa shape index (κ2) is 5.67. The summed E-state index contributed by atoms with van der Waals surface area (Å²) in [6.45, 7) is 2.75. The molecule has 1 atom stereocenters. The first-order valence-corrected chi connectivity index (χ1v) is 6.64. The normalized spacial score (nSPS) is 17.4. The Labute approximate surface area is 106 Å². The molecule has 1 aliphatic rings. The number of nitrogens with zero attached hydrogens (tertiary/aromatic N) is 1. The fourth-order valence-corrected chi connectivity index (χ4v) is 2.19. The monoisotopic (exact) mass is 282 g/mol. The van der Waals surface area contributed by atoms with E-state index in [0.29, 0.717) is 5.92 Å². The highest BCUT2D eigenvalue weighted by Crippen LogP contribution is 2.24. The van der Waals surface area contributed by atoms with Crippen molar-refractivity contribution in [3.05, 3.63) is 28.7 Å². The number of aromatic nitrogens is 1. The Morgan fingerprint density at radius 2 is 2.31 bits per heavy atom. The number of hydrogen-bond acceptors (Lipinski definition) is 2. The lowest BCUT2D eigenvalue weighted by atomic mass is 9.90. The van der Waals surface area contributed by atoms with Crippen molar-refractivity contribution >= 4 is 15.9 Å². The molecule has 16 heavy (non-hydrogen) atoms. The number of hydrogen-bond donors (Lipinski definition) is 0. The summed E-state index contributed by atoms with van der Waals surface area (Å²) >= 11 is 3.43. The highest BCUT2D eigenvalue weighted by molar-refractivity contribution is 9.10. The van der Waals surface area contributed by atoms with Crippen LogP contribution in [0.4, 0.5) is 0 Å². The van der Waals surface area contributed by atoms with Crippen molar-refractivity contribution in [3.63, 3.8) is 0 Å². The molecule has 1 aromatic rings. The maximum Gasteiger partial charge on any atom is 0.213 e. The van der Waals surface area contributed by atoms with Crippen molar-refractivity contribution < 1.29 is 4.74 Å². The van der Waals surface area contributed by atoms with Crippen LogP contribution < -0.4 is 4.74 Å². The number of pyridine rings is 1. The van der Waals surface area contributed by atoms with E-state index in [1.54, 1.807) is 0 Å². The lowest BCUT2D eigenvalue weighted by molar-refractivity contribution is 0.235. The van der Waals surface area contributed by atoms with Crippen molar-refractivity contribution in [2.24, 2.45) is 5.92 Å². The molecule has 1 radical (unpaired) electrons. The SMILES string of the molecule is Cc1nc(OCC2[CH]CCCC2)ccc1Br. The predicted octanol–water partition coefficient (Wildman–Crippen LogP) is 3.93. The maximum absolute atomic E-state index is 5.72. The maximum atomic E-state index is 5.72. The molecule has 0 bridgehead atoms. The van der Waals surface area contributed by atoms with Crippen LogP contribution >= 0.6 is 15.9 Å². The van der Waals surface area contributed by atoms with E-state index < -0.39 is 0 Å². The number of ether oxygens (including phenoxy) is 1. The largest absolute Gasteiger partial charge is 0.477 e. The summed E-state index contributed by atoms with van der Waals surface area (Å²) in [6.07, 6.45) is 7.55. The van der Waals surface area contributed by atoms with Crippen molar-refractivity contribution in [3.8, 4) is 5.88 Å². The van der Waals surface area contributed by atoms with Crippen LogP contribution in [-0.4, -0.2) is 11.6 Å². The fraction of sp³-hybridized carbons (Fsp3) is 0.538. The van der Waals surface area contributed by atoms with Crippen LogP contribution in [-0.2, 0) is 0 Å². The molecule has 0 spiro atoms. The molecular weight excluding hydrogens is 266 g/mol. The molecule has 1 unspecified atom stereocenters. The molecule has 1 heterocycles. The van der Waals surface area contributed by atoms with Gasteiger partial charge in [-0.3, -0.25) is 0 Å². The smallest absolute Gasteiger partial charge is 0.213 e. The van der Waals surface area contributed by atoms with E-state index in [1.165, 1.54) is 25.7 Å². The quantitative estimate of drug-likeness (QED) is 0.838. The van der Waals surface area contributed by atoms with Crippen LogP contribution in [0.2, 0.25) is 0 Å². The van der Waals surface area contributed by atoms with Crippen LogP contribution in [0.25, 0.3) is 0 Å². The van der Waals surface area contributed by atoms with E-state index in [2.05, 4.69) is 27.3 Å². The summed E-state index contributed by atoms with van der Waals surface area (Å²) in [5, 5.41) is 0. The molecular formula is C13H17BrNO. The minimum absolute atomic E-state index is 0.611. The van der Waals surface area contributed by atoms with Gasteiger partial charge in [-0.1, -0.05) is 12.8 Å². The first-order valence-electron chi connectivity index (χ1n) is 5.85. The van der Waals surface area contributed by atoms with E-state index in [-0.39, 0.29) is 0 Å². The Balaban J connectivity index is 1.86. The summed E-state index contributed by atoms with van der Waals surface area (Å²) in [5.41, 5.74) is 0.977. The standard InChI is InChI=1S/C13H17BrNO/c1-10-12(14)7-8-13(15-10)16-9-11-5-3-2-4-6-11/h5,7-8,11H,2-4,6,9H2,1H3. The molecule has 1 aromatic heterocycles. The van der Waals surface area contributed by atoms with Crippen LogP contribution in [0.15, 0.2) is 16.6 Å². The summed E-state index contributed by atoms with van der Waals surface area (Å²) in [6, 6.07) is 3.90. The molecule has 0 aliphatic heterocycles. The summed E-state index contributed by atoms with van der Waals surface area (Å²) in [7, 11) is 0. The Morgan fingerprint density at radius 1 is 1.44 bits per heavy atom. The zero-order chi connectivity index (χ0) is 11.4. The molecule has 2 rings (SSSR count). The summed E-state index contributed by atoms with van der Waals surface area (Å²) in [5.74, 6) is 1.35. The van der Waals surface area contributed by atoms with Crippen molar-refractivity contribution in [1.29, 1.82) is 0 Å². The number of rotatable bonds is 3. The number of halogens is 1. The summed E-state index contributed by atoms with van der Waals surface area (Å²) < 4.78 is 6.75. The van der Waals surface area contributed by atoms with Crippen LogP contribution in [0.3, 0.4) is 0 Å². The molecule has 3 heteroatoms. The van der Waals surface area contributed by atoms with E-state index >= 15 is 0 Å². The van der Waals surface area contributed by atoms with Gasteiger partial charge in [-0.05, 0) is 54.1 Å². The predicted molar refractivity (Wildman–Crippen MR) is 68.4 cm³/mol. The van der Waals surface area contributed by atoms with Crippen LogP contribution in [0, 0.1) is 19.3 Å². The van der Waals surface area contributed by atoms with Gasteiger partial charge in [0.25, 0.3) is 0 Å². The van der Waals surface area contributed by atoms with Gasteiger partial charge in [0.2, 0.25) is 5.88 Å². The Kier molecular flexibility index (Phi) is 4.22. The Hall–Kier alpha value is -0.570. The molecule has 2 nitrogen and oxygen atoms in total. The van der Waals surface area contributed by atoms with Gasteiger partial charge in [-0.2, -0.15) is 0 Å². The van der Waals surface area contributed by atoms with Gasteiger partial charge in [0, 0.05) is 10.5 Å². The van der Waals surface area contributed by atoms with Gasteiger partial charge in [-0.25, -0.2) is 4.98 Å². The van der Waals surface area contributed by atoms with E-state index in [0.717, 1.165) is 22.7 Å². The molecule has 0 aromatic carbocycles. The third kappa shape index (κ3) is 3.21. The molecule has 1 saturated carbocycles. The third-order valence-electron chi connectivity index (χ3n) is 2.97. The highest BCUT2D eigenvalue weighted by Gasteiger charge is 2.14. The second-order valence-electron chi connectivity index (χ2n) is 4.31. The van der Waals surface area contributed by atoms with E-state index in [4.69, 9.17) is 4.74 Å². The minimum atomic E-state index is 0.611. The zero-order valence-corrected chi connectivity index (χ0v) is 11.2. The highest BCUT2D eigenvalue weighted by atomic mass is 79.9. The second-order valence-corrected chi connectivity index (χ2v) is 5.16. The van der Waals surface area contributed by atoms with Crippen molar-refractivity contribution in [1.82, 2.24) is 4.98 Å². The zero-order valence-electron chi connectivity index (χ0n) is 9.58. The lowest BCUT2D eigenvalue weighted by Gasteiger charge is -2.21. The summed E-state index contributed by atoms with van der Waals surface area (Å²) in [4.78, 5) is 4.37. The molecule has 0 N–H and O–H groups in total. The van der Waals surface area contributed by atoms with E-state index in [9.17, 15) is 0 Å². The first-order chi connectivity index (χ1) is 7.75. The van der Waals surface area contributed by atoms with Gasteiger partial charge < -0.3 is 4.74 Å². The van der Waals surface area contributed by atoms with Gasteiger partial charge in [-0.15, -0.1) is 0 Å². The Morgan fingerprint density at radius 3 is 3.00 bits per heavy atom. The fourth-order valence-electron chi connectivity index (χ4n) is 1.97. The molecule has 0 amide bonds. The Bertz CT molecular complexity index is 348. The topological polar surface area (TPSA) is 22.1 Å². The van der Waals surface area contributed by atoms with Crippen LogP contribution in [0.1, 0.15) is 31.4 Å². The van der Waals surface area contributed by atoms with E-state index in [1.807, 2.05) is 19.1 Å². The van der Waals surface area contributed by atoms with Crippen molar-refractivity contribution in [2.75, 3.05) is 6.61 Å². The molecule has 0 saturated heterocycles. The lowest BCUT2D eigenvalue weighted by Crippen LogP contribution is -2.16. The van der Waals surface area contributed by atoms with Gasteiger partial charge >= 0.3 is 0 Å². The van der Waals surface area contributed by atoms with Gasteiger partial charge in [0.1, 0.15) is 0 Å².